The second-order valence-electron chi connectivity index (χ2n) is 8.85. The molecule has 0 saturated heterocycles. The summed E-state index contributed by atoms with van der Waals surface area (Å²) < 4.78 is 208. The van der Waals surface area contributed by atoms with Crippen molar-refractivity contribution in [3.05, 3.63) is 156 Å². The normalized spacial score (nSPS) is 19.5. The molecule has 0 saturated carbocycles. The standard InChI is InChI=1S/C39H25N3O2/c40-38(26-13-5-2-6-14-26)42-39(41-24-28-15-9-18-31-30-16-7-8-19-33(30)44-37(28)31)27-21-22-32-35(23-27)43-34-20-10-17-29(36(32)34)25-11-3-1-4-12-25/h1-24,40H/i1D,2D,3D,4D,5D,6D,7D,8D,9D,10D,11D,12D,13D,14D,15D,16D,17D,18D,19D,20D,21D,22D,23D. The topological polar surface area (TPSA) is 74.8 Å². The van der Waals surface area contributed by atoms with Crippen LogP contribution in [0.1, 0.15) is 48.2 Å². The molecule has 0 radical (unpaired) electrons. The van der Waals surface area contributed by atoms with Crippen LogP contribution in [0.4, 0.5) is 0 Å². The molecule has 5 heteroatoms. The maximum atomic E-state index is 9.40. The Balaban J connectivity index is 1.49. The maximum absolute atomic E-state index is 9.40. The number of nitrogens with one attached hydrogen (secondary N) is 1. The van der Waals surface area contributed by atoms with Gasteiger partial charge in [-0.2, -0.15) is 0 Å². The quantitative estimate of drug-likeness (QED) is 0.164. The highest BCUT2D eigenvalue weighted by molar-refractivity contribution is 6.18. The van der Waals surface area contributed by atoms with Gasteiger partial charge in [0.15, 0.2) is 11.7 Å². The molecule has 1 N–H and O–H groups in total. The Morgan fingerprint density at radius 1 is 0.614 bits per heavy atom. The van der Waals surface area contributed by atoms with Gasteiger partial charge in [-0.3, -0.25) is 5.41 Å². The van der Waals surface area contributed by atoms with Crippen molar-refractivity contribution in [2.75, 3.05) is 0 Å². The molecule has 2 heterocycles. The fourth-order valence-corrected chi connectivity index (χ4v) is 4.37. The summed E-state index contributed by atoms with van der Waals surface area (Å²) in [5.41, 5.74) is -5.45. The van der Waals surface area contributed by atoms with E-state index in [-0.39, 0.29) is 10.8 Å². The number of hydrogen-bond donors (Lipinski definition) is 1. The van der Waals surface area contributed by atoms with Gasteiger partial charge >= 0.3 is 0 Å². The molecule has 0 bridgehead atoms. The van der Waals surface area contributed by atoms with E-state index in [2.05, 4.69) is 9.98 Å². The number of amidine groups is 2. The summed E-state index contributed by atoms with van der Waals surface area (Å²) in [4.78, 5) is 8.31. The molecule has 5 nitrogen and oxygen atoms in total. The summed E-state index contributed by atoms with van der Waals surface area (Å²) in [5.74, 6) is -2.04. The maximum Gasteiger partial charge on any atom is 0.161 e. The largest absolute Gasteiger partial charge is 0.456 e. The molecule has 8 aromatic rings. The van der Waals surface area contributed by atoms with Gasteiger partial charge in [-0.25, -0.2) is 9.98 Å². The molecule has 0 fully saturated rings. The van der Waals surface area contributed by atoms with Gasteiger partial charge in [-0.15, -0.1) is 0 Å². The molecular formula is C39H25N3O2. The van der Waals surface area contributed by atoms with Gasteiger partial charge in [0.05, 0.1) is 31.5 Å². The number of furan rings is 2. The van der Waals surface area contributed by atoms with E-state index in [1.54, 1.807) is 0 Å². The van der Waals surface area contributed by atoms with Gasteiger partial charge in [0, 0.05) is 44.4 Å². The van der Waals surface area contributed by atoms with Crippen LogP contribution in [0.3, 0.4) is 0 Å². The van der Waals surface area contributed by atoms with Crippen LogP contribution < -0.4 is 0 Å². The zero-order chi connectivity index (χ0) is 49.5. The van der Waals surface area contributed by atoms with E-state index in [1.807, 2.05) is 0 Å². The first kappa shape index (κ1) is 11.2. The molecule has 208 valence electrons. The predicted octanol–water partition coefficient (Wildman–Crippen LogP) is 10.0. The smallest absolute Gasteiger partial charge is 0.161 e. The Morgan fingerprint density at radius 3 is 2.20 bits per heavy atom. The minimum atomic E-state index is -1.11. The number of aliphatic imine (C=N–C) groups is 2. The van der Waals surface area contributed by atoms with Crippen LogP contribution in [0.5, 0.6) is 0 Å². The van der Waals surface area contributed by atoms with E-state index in [9.17, 15) is 4.11 Å². The Hall–Kier alpha value is -6.07. The van der Waals surface area contributed by atoms with Crippen molar-refractivity contribution in [1.82, 2.24) is 0 Å². The molecule has 0 atom stereocenters. The molecule has 0 aliphatic heterocycles. The van der Waals surface area contributed by atoms with Crippen LogP contribution in [0, 0.1) is 5.41 Å². The van der Waals surface area contributed by atoms with Gasteiger partial charge in [-0.05, 0) is 41.3 Å². The number of nitrogens with zero attached hydrogens (tertiary/aromatic N) is 2. The summed E-state index contributed by atoms with van der Waals surface area (Å²) in [6, 6.07) is -18.7. The zero-order valence-electron chi connectivity index (χ0n) is 44.8. The van der Waals surface area contributed by atoms with E-state index in [0.29, 0.717) is 0 Å². The van der Waals surface area contributed by atoms with E-state index < -0.39 is 212 Å². The minimum absolute atomic E-state index is 0.314. The fraction of sp³-hybridized carbons (Fsp3) is 0. The summed E-state index contributed by atoms with van der Waals surface area (Å²) in [5, 5.41) is 7.30. The Kier molecular flexibility index (Phi) is 2.71. The third-order valence-corrected chi connectivity index (χ3v) is 6.28. The van der Waals surface area contributed by atoms with Crippen LogP contribution in [0.2, 0.25) is 0 Å². The number of benzene rings is 6. The Labute approximate surface area is 285 Å². The number of para-hydroxylation sites is 2. The first-order chi connectivity index (χ1) is 31.3. The van der Waals surface area contributed by atoms with Gasteiger partial charge in [-0.1, -0.05) is 109 Å². The lowest BCUT2D eigenvalue weighted by molar-refractivity contribution is 0.668. The number of rotatable bonds is 4. The number of fused-ring (bicyclic) bond motifs is 6. The molecule has 0 spiro atoms. The minimum Gasteiger partial charge on any atom is -0.456 e. The molecule has 0 amide bonds. The zero-order valence-corrected chi connectivity index (χ0v) is 21.8. The SMILES string of the molecule is [2H]c1c([2H])c([2H])c(C(=N)N=C(N=Cc2c([2H])c([2H])c([2H])c3c2oc2c([2H])c([2H])c([2H])c([2H])c23)c2c([2H])c([2H])c3c(oc4c([2H])c([2H])c([2H])c(-c5c([2H])c([2H])c([2H])c([2H])c5[2H])c43)c2[2H])c([2H])c1[2H]. The van der Waals surface area contributed by atoms with Gasteiger partial charge in [0.25, 0.3) is 0 Å². The van der Waals surface area contributed by atoms with Gasteiger partial charge in [0.1, 0.15) is 22.3 Å². The molecule has 0 aliphatic rings. The van der Waals surface area contributed by atoms with Crippen molar-refractivity contribution < 1.29 is 40.4 Å². The lowest BCUT2D eigenvalue weighted by Crippen LogP contribution is -2.04. The van der Waals surface area contributed by atoms with Gasteiger partial charge in [0.2, 0.25) is 0 Å². The molecule has 2 aromatic heterocycles. The van der Waals surface area contributed by atoms with Crippen molar-refractivity contribution in [3.8, 4) is 11.1 Å². The van der Waals surface area contributed by atoms with Crippen LogP contribution in [0.15, 0.2) is 158 Å². The van der Waals surface area contributed by atoms with E-state index in [4.69, 9.17) is 41.7 Å². The van der Waals surface area contributed by atoms with Crippen molar-refractivity contribution in [1.29, 1.82) is 5.41 Å². The Bertz CT molecular complexity index is 3650. The fourth-order valence-electron chi connectivity index (χ4n) is 4.37. The van der Waals surface area contributed by atoms with Crippen LogP contribution in [-0.2, 0) is 0 Å². The van der Waals surface area contributed by atoms with Gasteiger partial charge < -0.3 is 8.83 Å². The average molecular weight is 591 g/mol. The van der Waals surface area contributed by atoms with Crippen LogP contribution >= 0.6 is 0 Å². The lowest BCUT2D eigenvalue weighted by Gasteiger charge is -2.05. The van der Waals surface area contributed by atoms with E-state index >= 15 is 0 Å². The van der Waals surface area contributed by atoms with E-state index in [1.165, 1.54) is 0 Å². The average Bonchev–Trinajstić information content (AvgIpc) is 3.90. The molecule has 8 rings (SSSR count). The summed E-state index contributed by atoms with van der Waals surface area (Å²) >= 11 is 0. The third-order valence-electron chi connectivity index (χ3n) is 6.28. The highest BCUT2D eigenvalue weighted by Gasteiger charge is 2.15. The molecule has 6 aromatic carbocycles. The second kappa shape index (κ2) is 10.6. The molecule has 0 aliphatic carbocycles. The second-order valence-corrected chi connectivity index (χ2v) is 8.85. The first-order valence-electron chi connectivity index (χ1n) is 24.0. The first-order valence-corrected chi connectivity index (χ1v) is 12.5. The van der Waals surface area contributed by atoms with Crippen molar-refractivity contribution in [3.63, 3.8) is 0 Å². The van der Waals surface area contributed by atoms with Crippen LogP contribution in [0.25, 0.3) is 55.0 Å². The van der Waals surface area contributed by atoms with E-state index in [0.717, 1.165) is 6.21 Å². The molecule has 44 heavy (non-hydrogen) atoms. The number of hydrogen-bond acceptors (Lipinski definition) is 3. The van der Waals surface area contributed by atoms with Crippen LogP contribution in [-0.4, -0.2) is 17.9 Å². The van der Waals surface area contributed by atoms with Crippen molar-refractivity contribution >= 4 is 61.8 Å². The van der Waals surface area contributed by atoms with Crippen molar-refractivity contribution in [2.45, 2.75) is 0 Å². The summed E-state index contributed by atoms with van der Waals surface area (Å²) in [6.45, 7) is 0. The lowest BCUT2D eigenvalue weighted by atomic mass is 9.99. The monoisotopic (exact) mass is 590 g/mol. The highest BCUT2D eigenvalue weighted by atomic mass is 16.3. The summed E-state index contributed by atoms with van der Waals surface area (Å²) in [7, 11) is 0. The Morgan fingerprint density at radius 2 is 1.34 bits per heavy atom. The molecular weight excluding hydrogens is 542 g/mol. The summed E-state index contributed by atoms with van der Waals surface area (Å²) in [6.07, 6.45) is 0.748. The van der Waals surface area contributed by atoms with Crippen molar-refractivity contribution in [2.24, 2.45) is 9.98 Å². The third kappa shape index (κ3) is 4.48. The highest BCUT2D eigenvalue weighted by Crippen LogP contribution is 2.37. The molecule has 0 unspecified atom stereocenters. The predicted molar refractivity (Wildman–Crippen MR) is 180 cm³/mol.